The first-order chi connectivity index (χ1) is 10.5. The van der Waals surface area contributed by atoms with Crippen LogP contribution < -0.4 is 5.56 Å². The molecule has 0 spiro atoms. The number of aliphatic hydroxyl groups is 1. The average Bonchev–Trinajstić information content (AvgIpc) is 3.05. The Hall–Kier alpha value is -1.73. The first kappa shape index (κ1) is 15.2. The van der Waals surface area contributed by atoms with Gasteiger partial charge in [-0.1, -0.05) is 6.42 Å². The van der Waals surface area contributed by atoms with Crippen LogP contribution in [0.25, 0.3) is 4.96 Å². The van der Waals surface area contributed by atoms with Gasteiger partial charge in [0.05, 0.1) is 6.10 Å². The Morgan fingerprint density at radius 2 is 2.32 bits per heavy atom. The molecule has 0 radical (unpaired) electrons. The lowest BCUT2D eigenvalue weighted by Gasteiger charge is -2.23. The monoisotopic (exact) mass is 321 g/mol. The van der Waals surface area contributed by atoms with Gasteiger partial charge in [-0.2, -0.15) is 0 Å². The van der Waals surface area contributed by atoms with Crippen LogP contribution in [-0.2, 0) is 0 Å². The second-order valence-corrected chi connectivity index (χ2v) is 7.13. The van der Waals surface area contributed by atoms with Crippen molar-refractivity contribution in [2.45, 2.75) is 32.3 Å². The van der Waals surface area contributed by atoms with Gasteiger partial charge in [-0.3, -0.25) is 14.0 Å². The number of thiazole rings is 1. The Balaban J connectivity index is 1.85. The Kier molecular flexibility index (Phi) is 4.01. The number of carbonyl (C=O) groups is 1. The lowest BCUT2D eigenvalue weighted by Crippen LogP contribution is -2.37. The zero-order chi connectivity index (χ0) is 15.9. The normalized spacial score (nSPS) is 21.4. The molecule has 22 heavy (non-hydrogen) atoms. The minimum atomic E-state index is -0.350. The molecule has 1 N–H and O–H groups in total. The summed E-state index contributed by atoms with van der Waals surface area (Å²) in [6, 6.07) is 0. The number of aryl methyl sites for hydroxylation is 1. The van der Waals surface area contributed by atoms with E-state index in [9.17, 15) is 14.7 Å². The van der Waals surface area contributed by atoms with Crippen LogP contribution in [0.2, 0.25) is 0 Å². The van der Waals surface area contributed by atoms with Crippen LogP contribution in [0.15, 0.2) is 17.2 Å². The van der Waals surface area contributed by atoms with Gasteiger partial charge in [0, 0.05) is 36.8 Å². The van der Waals surface area contributed by atoms with Gasteiger partial charge < -0.3 is 10.0 Å². The second kappa shape index (κ2) is 5.81. The van der Waals surface area contributed by atoms with Gasteiger partial charge in [-0.15, -0.1) is 11.3 Å². The highest BCUT2D eigenvalue weighted by Gasteiger charge is 2.28. The standard InChI is InChI=1S/C15H19N3O3S/c1-9-7-18-14(21)11(6-16-15(18)22-9)13(20)17(2)8-10-4-3-5-12(10)19/h6-7,10,12,19H,3-5,8H2,1-2H3. The summed E-state index contributed by atoms with van der Waals surface area (Å²) in [4.78, 5) is 32.2. The van der Waals surface area contributed by atoms with Crippen molar-refractivity contribution < 1.29 is 9.90 Å². The molecule has 6 nitrogen and oxygen atoms in total. The van der Waals surface area contributed by atoms with Crippen LogP contribution in [0.4, 0.5) is 0 Å². The zero-order valence-electron chi connectivity index (χ0n) is 12.7. The predicted molar refractivity (Wildman–Crippen MR) is 84.4 cm³/mol. The number of fused-ring (bicyclic) bond motifs is 1. The van der Waals surface area contributed by atoms with E-state index in [0.717, 1.165) is 24.1 Å². The van der Waals surface area contributed by atoms with Gasteiger partial charge in [-0.05, 0) is 19.8 Å². The van der Waals surface area contributed by atoms with Gasteiger partial charge in [0.1, 0.15) is 5.56 Å². The third kappa shape index (κ3) is 2.66. The van der Waals surface area contributed by atoms with Gasteiger partial charge in [0.25, 0.3) is 11.5 Å². The summed E-state index contributed by atoms with van der Waals surface area (Å²) in [5.74, 6) is -0.244. The molecule has 0 aliphatic heterocycles. The van der Waals surface area contributed by atoms with Crippen LogP contribution in [0.5, 0.6) is 0 Å². The molecule has 7 heteroatoms. The minimum Gasteiger partial charge on any atom is -0.393 e. The van der Waals surface area contributed by atoms with Crippen molar-refractivity contribution in [1.29, 1.82) is 0 Å². The van der Waals surface area contributed by atoms with E-state index < -0.39 is 0 Å². The van der Waals surface area contributed by atoms with E-state index in [1.807, 2.05) is 6.92 Å². The Morgan fingerprint density at radius 1 is 1.55 bits per heavy atom. The predicted octanol–water partition coefficient (Wildman–Crippen LogP) is 1.30. The lowest BCUT2D eigenvalue weighted by molar-refractivity contribution is 0.0691. The van der Waals surface area contributed by atoms with Crippen molar-refractivity contribution in [2.24, 2.45) is 5.92 Å². The fourth-order valence-corrected chi connectivity index (χ4v) is 3.80. The zero-order valence-corrected chi connectivity index (χ0v) is 13.5. The van der Waals surface area contributed by atoms with Gasteiger partial charge in [0.2, 0.25) is 0 Å². The first-order valence-electron chi connectivity index (χ1n) is 7.38. The molecule has 2 atom stereocenters. The number of aromatic nitrogens is 2. The van der Waals surface area contributed by atoms with Crippen LogP contribution in [-0.4, -0.2) is 45.0 Å². The molecule has 1 aliphatic carbocycles. The summed E-state index contributed by atoms with van der Waals surface area (Å²) in [5, 5.41) is 9.87. The molecule has 2 aromatic rings. The van der Waals surface area contributed by atoms with E-state index in [1.54, 1.807) is 13.2 Å². The molecule has 0 saturated heterocycles. The number of aliphatic hydroxyl groups excluding tert-OH is 1. The molecule has 0 aromatic carbocycles. The summed E-state index contributed by atoms with van der Waals surface area (Å²) in [6.45, 7) is 2.36. The van der Waals surface area contributed by atoms with Crippen molar-refractivity contribution in [3.63, 3.8) is 0 Å². The fourth-order valence-electron chi connectivity index (χ4n) is 3.01. The lowest BCUT2D eigenvalue weighted by atomic mass is 10.1. The topological polar surface area (TPSA) is 74.9 Å². The van der Waals surface area contributed by atoms with Crippen LogP contribution in [0.3, 0.4) is 0 Å². The molecule has 118 valence electrons. The SMILES string of the molecule is Cc1cn2c(=O)c(C(=O)N(C)CC3CCCC3O)cnc2s1. The number of rotatable bonds is 3. The smallest absolute Gasteiger partial charge is 0.271 e. The molecule has 2 aromatic heterocycles. The second-order valence-electron chi connectivity index (χ2n) is 5.92. The minimum absolute atomic E-state index is 0.0743. The Morgan fingerprint density at radius 3 is 3.00 bits per heavy atom. The highest BCUT2D eigenvalue weighted by Crippen LogP contribution is 2.26. The third-order valence-corrected chi connectivity index (χ3v) is 5.14. The summed E-state index contributed by atoms with van der Waals surface area (Å²) >= 11 is 1.42. The number of carbonyl (C=O) groups excluding carboxylic acids is 1. The molecule has 1 aliphatic rings. The molecule has 0 bridgehead atoms. The van der Waals surface area contributed by atoms with Crippen molar-refractivity contribution in [3.8, 4) is 0 Å². The molecular weight excluding hydrogens is 302 g/mol. The Labute approximate surface area is 132 Å². The quantitative estimate of drug-likeness (QED) is 0.924. The fraction of sp³-hybridized carbons (Fsp3) is 0.533. The molecule has 1 amide bonds. The van der Waals surface area contributed by atoms with Crippen molar-refractivity contribution in [2.75, 3.05) is 13.6 Å². The Bertz CT molecular complexity index is 767. The molecule has 3 rings (SSSR count). The molecule has 1 fully saturated rings. The number of nitrogens with zero attached hydrogens (tertiary/aromatic N) is 3. The van der Waals surface area contributed by atoms with Gasteiger partial charge >= 0.3 is 0 Å². The van der Waals surface area contributed by atoms with Crippen LogP contribution in [0, 0.1) is 12.8 Å². The molecule has 1 saturated carbocycles. The van der Waals surface area contributed by atoms with E-state index in [0.29, 0.717) is 11.5 Å². The number of amides is 1. The van der Waals surface area contributed by atoms with E-state index in [4.69, 9.17) is 0 Å². The average molecular weight is 321 g/mol. The first-order valence-corrected chi connectivity index (χ1v) is 8.20. The van der Waals surface area contributed by atoms with E-state index in [-0.39, 0.29) is 29.1 Å². The van der Waals surface area contributed by atoms with E-state index in [1.165, 1.54) is 26.8 Å². The summed E-state index contributed by atoms with van der Waals surface area (Å²) in [7, 11) is 1.67. The number of hydrogen-bond donors (Lipinski definition) is 1. The molecule has 2 unspecified atom stereocenters. The molecular formula is C15H19N3O3S. The largest absolute Gasteiger partial charge is 0.393 e. The highest BCUT2D eigenvalue weighted by molar-refractivity contribution is 7.16. The van der Waals surface area contributed by atoms with E-state index >= 15 is 0 Å². The van der Waals surface area contributed by atoms with Crippen LogP contribution in [0.1, 0.15) is 34.5 Å². The summed E-state index contributed by atoms with van der Waals surface area (Å²) < 4.78 is 1.42. The van der Waals surface area contributed by atoms with Gasteiger partial charge in [-0.25, -0.2) is 4.98 Å². The molecule has 2 heterocycles. The van der Waals surface area contributed by atoms with Crippen molar-refractivity contribution in [1.82, 2.24) is 14.3 Å². The third-order valence-electron chi connectivity index (χ3n) is 4.23. The summed E-state index contributed by atoms with van der Waals surface area (Å²) in [5.41, 5.74) is -0.261. The number of hydrogen-bond acceptors (Lipinski definition) is 5. The van der Waals surface area contributed by atoms with Crippen molar-refractivity contribution >= 4 is 22.2 Å². The maximum absolute atomic E-state index is 12.5. The van der Waals surface area contributed by atoms with Gasteiger partial charge in [0.15, 0.2) is 4.96 Å². The summed E-state index contributed by atoms with van der Waals surface area (Å²) in [6.07, 6.45) is 5.40. The maximum atomic E-state index is 12.5. The van der Waals surface area contributed by atoms with E-state index in [2.05, 4.69) is 4.98 Å². The van der Waals surface area contributed by atoms with Crippen LogP contribution >= 0.6 is 11.3 Å². The maximum Gasteiger partial charge on any atom is 0.271 e. The van der Waals surface area contributed by atoms with Crippen molar-refractivity contribution in [3.05, 3.63) is 33.2 Å². The highest BCUT2D eigenvalue weighted by atomic mass is 32.1.